The van der Waals surface area contributed by atoms with E-state index < -0.39 is 26.7 Å². The van der Waals surface area contributed by atoms with Crippen LogP contribution in [0.2, 0.25) is 5.02 Å². The van der Waals surface area contributed by atoms with Gasteiger partial charge >= 0.3 is 5.97 Å². The predicted molar refractivity (Wildman–Crippen MR) is 91.7 cm³/mol. The maximum atomic E-state index is 14.1. The topological polar surface area (TPSA) is 86.5 Å². The molecule has 2 aromatic carbocycles. The molecule has 0 saturated heterocycles. The minimum atomic E-state index is -4.17. The highest BCUT2D eigenvalue weighted by Gasteiger charge is 2.28. The summed E-state index contributed by atoms with van der Waals surface area (Å²) in [6, 6.07) is 8.59. The molecule has 0 spiro atoms. The number of hydrogen-bond donors (Lipinski definition) is 1. The first-order valence-corrected chi connectivity index (χ1v) is 9.10. The standard InChI is InChI=1S/C17H13ClFNO4S/c1-9-2-3-11(6-13(9)18)16-12(8-24-17(16)21)10-4-5-15(14(19)7-10)25(20,22)23/h2-7H,8H2,1H3,(H2,20,22,23). The number of cyclic esters (lactones) is 1. The summed E-state index contributed by atoms with van der Waals surface area (Å²) in [6.45, 7) is 1.78. The fraction of sp³-hybridized carbons (Fsp3) is 0.118. The lowest BCUT2D eigenvalue weighted by Gasteiger charge is -2.08. The molecule has 0 amide bonds. The Bertz CT molecular complexity index is 1030. The second-order valence-electron chi connectivity index (χ2n) is 5.58. The van der Waals surface area contributed by atoms with Crippen LogP contribution in [0.3, 0.4) is 0 Å². The van der Waals surface area contributed by atoms with Crippen LogP contribution in [0, 0.1) is 12.7 Å². The minimum Gasteiger partial charge on any atom is -0.457 e. The van der Waals surface area contributed by atoms with Gasteiger partial charge in [0.15, 0.2) is 0 Å². The van der Waals surface area contributed by atoms with Crippen molar-refractivity contribution < 1.29 is 22.3 Å². The maximum Gasteiger partial charge on any atom is 0.339 e. The van der Waals surface area contributed by atoms with Crippen molar-refractivity contribution in [3.63, 3.8) is 0 Å². The van der Waals surface area contributed by atoms with Gasteiger partial charge in [0.05, 0.1) is 5.57 Å². The van der Waals surface area contributed by atoms with E-state index in [9.17, 15) is 17.6 Å². The number of carbonyl (C=O) groups excluding carboxylic acids is 1. The van der Waals surface area contributed by atoms with Gasteiger partial charge in [-0.3, -0.25) is 0 Å². The van der Waals surface area contributed by atoms with Crippen LogP contribution in [-0.2, 0) is 19.6 Å². The molecule has 1 aliphatic heterocycles. The first kappa shape index (κ1) is 17.6. The molecule has 3 rings (SSSR count). The van der Waals surface area contributed by atoms with Crippen molar-refractivity contribution in [2.24, 2.45) is 5.14 Å². The average molecular weight is 382 g/mol. The van der Waals surface area contributed by atoms with E-state index in [1.807, 2.05) is 6.92 Å². The summed E-state index contributed by atoms with van der Waals surface area (Å²) < 4.78 is 41.8. The van der Waals surface area contributed by atoms with Gasteiger partial charge in [-0.05, 0) is 41.8 Å². The Morgan fingerprint density at radius 3 is 2.44 bits per heavy atom. The van der Waals surface area contributed by atoms with Crippen molar-refractivity contribution in [1.82, 2.24) is 0 Å². The molecule has 1 aliphatic rings. The Kier molecular flexibility index (Phi) is 4.40. The molecule has 0 atom stereocenters. The zero-order valence-corrected chi connectivity index (χ0v) is 14.6. The molecule has 0 saturated carbocycles. The number of nitrogens with two attached hydrogens (primary N) is 1. The number of esters is 1. The number of halogens is 2. The highest BCUT2D eigenvalue weighted by molar-refractivity contribution is 7.89. The number of hydrogen-bond acceptors (Lipinski definition) is 4. The summed E-state index contributed by atoms with van der Waals surface area (Å²) in [5.41, 5.74) is 2.45. The first-order chi connectivity index (χ1) is 11.7. The second kappa shape index (κ2) is 6.25. The molecule has 0 bridgehead atoms. The van der Waals surface area contributed by atoms with Crippen molar-refractivity contribution in [1.29, 1.82) is 0 Å². The van der Waals surface area contributed by atoms with Gasteiger partial charge in [-0.15, -0.1) is 0 Å². The molecular weight excluding hydrogens is 369 g/mol. The molecule has 8 heteroatoms. The molecule has 2 N–H and O–H groups in total. The number of rotatable bonds is 3. The largest absolute Gasteiger partial charge is 0.457 e. The van der Waals surface area contributed by atoms with Crippen molar-refractivity contribution >= 4 is 38.7 Å². The van der Waals surface area contributed by atoms with Crippen molar-refractivity contribution in [3.8, 4) is 0 Å². The van der Waals surface area contributed by atoms with Crippen molar-refractivity contribution in [2.75, 3.05) is 6.61 Å². The van der Waals surface area contributed by atoms with Crippen LogP contribution in [0.1, 0.15) is 16.7 Å². The van der Waals surface area contributed by atoms with E-state index in [0.29, 0.717) is 21.7 Å². The molecule has 0 radical (unpaired) electrons. The molecule has 130 valence electrons. The first-order valence-electron chi connectivity index (χ1n) is 7.18. The van der Waals surface area contributed by atoms with Crippen LogP contribution >= 0.6 is 11.6 Å². The molecule has 0 aliphatic carbocycles. The van der Waals surface area contributed by atoms with Gasteiger partial charge in [-0.1, -0.05) is 29.8 Å². The molecule has 25 heavy (non-hydrogen) atoms. The molecule has 5 nitrogen and oxygen atoms in total. The Morgan fingerprint density at radius 2 is 1.84 bits per heavy atom. The van der Waals surface area contributed by atoms with Crippen LogP contribution in [-0.4, -0.2) is 21.0 Å². The van der Waals surface area contributed by atoms with Gasteiger partial charge in [0.25, 0.3) is 0 Å². The van der Waals surface area contributed by atoms with Crippen LogP contribution in [0.4, 0.5) is 4.39 Å². The Labute approximate surface area is 148 Å². The molecular formula is C17H13ClFNO4S. The lowest BCUT2D eigenvalue weighted by atomic mass is 9.96. The van der Waals surface area contributed by atoms with Gasteiger partial charge in [0, 0.05) is 10.6 Å². The monoisotopic (exact) mass is 381 g/mol. The van der Waals surface area contributed by atoms with Gasteiger partial charge in [0.2, 0.25) is 10.0 Å². The molecule has 1 heterocycles. The van der Waals surface area contributed by atoms with Gasteiger partial charge in [-0.25, -0.2) is 22.7 Å². The average Bonchev–Trinajstić information content (AvgIpc) is 2.90. The lowest BCUT2D eigenvalue weighted by Crippen LogP contribution is -2.14. The molecule has 0 unspecified atom stereocenters. The zero-order valence-electron chi connectivity index (χ0n) is 13.0. The zero-order chi connectivity index (χ0) is 18.4. The fourth-order valence-corrected chi connectivity index (χ4v) is 3.36. The van der Waals surface area contributed by atoms with Gasteiger partial charge in [0.1, 0.15) is 17.3 Å². The summed E-state index contributed by atoms with van der Waals surface area (Å²) in [4.78, 5) is 11.5. The van der Waals surface area contributed by atoms with E-state index in [1.165, 1.54) is 6.07 Å². The van der Waals surface area contributed by atoms with Crippen molar-refractivity contribution in [3.05, 3.63) is 63.9 Å². The quantitative estimate of drug-likeness (QED) is 0.828. The number of primary sulfonamides is 1. The maximum absolute atomic E-state index is 14.1. The summed E-state index contributed by atoms with van der Waals surface area (Å²) in [5.74, 6) is -1.54. The van der Waals surface area contributed by atoms with E-state index in [1.54, 1.807) is 18.2 Å². The Hall–Kier alpha value is -2.22. The molecule has 0 fully saturated rings. The SMILES string of the molecule is Cc1ccc(C2=C(c3ccc(S(N)(=O)=O)c(F)c3)COC2=O)cc1Cl. The summed E-state index contributed by atoms with van der Waals surface area (Å²) >= 11 is 6.11. The van der Waals surface area contributed by atoms with Gasteiger partial charge < -0.3 is 4.74 Å². The number of sulfonamides is 1. The van der Waals surface area contributed by atoms with Crippen LogP contribution in [0.15, 0.2) is 41.3 Å². The smallest absolute Gasteiger partial charge is 0.339 e. The normalized spacial score (nSPS) is 14.8. The third-order valence-electron chi connectivity index (χ3n) is 3.90. The highest BCUT2D eigenvalue weighted by Crippen LogP contribution is 2.35. The second-order valence-corrected chi connectivity index (χ2v) is 7.52. The van der Waals surface area contributed by atoms with Crippen molar-refractivity contribution in [2.45, 2.75) is 11.8 Å². The van der Waals surface area contributed by atoms with E-state index in [0.717, 1.165) is 17.7 Å². The van der Waals surface area contributed by atoms with Crippen LogP contribution in [0.25, 0.3) is 11.1 Å². The molecule has 2 aromatic rings. The van der Waals surface area contributed by atoms with Gasteiger partial charge in [-0.2, -0.15) is 0 Å². The Balaban J connectivity index is 2.16. The lowest BCUT2D eigenvalue weighted by molar-refractivity contribution is -0.133. The number of benzene rings is 2. The predicted octanol–water partition coefficient (Wildman–Crippen LogP) is 2.90. The Morgan fingerprint density at radius 1 is 1.16 bits per heavy atom. The number of ether oxygens (including phenoxy) is 1. The third kappa shape index (κ3) is 3.30. The number of aryl methyl sites for hydroxylation is 1. The van der Waals surface area contributed by atoms with E-state index >= 15 is 0 Å². The summed E-state index contributed by atoms with van der Waals surface area (Å²) in [7, 11) is -4.17. The minimum absolute atomic E-state index is 0.0478. The number of carbonyl (C=O) groups is 1. The van der Waals surface area contributed by atoms with E-state index in [4.69, 9.17) is 21.5 Å². The van der Waals surface area contributed by atoms with E-state index in [-0.39, 0.29) is 12.2 Å². The van der Waals surface area contributed by atoms with Crippen LogP contribution in [0.5, 0.6) is 0 Å². The van der Waals surface area contributed by atoms with E-state index in [2.05, 4.69) is 0 Å². The summed E-state index contributed by atoms with van der Waals surface area (Å²) in [6.07, 6.45) is 0. The fourth-order valence-electron chi connectivity index (χ4n) is 2.59. The molecule has 0 aromatic heterocycles. The third-order valence-corrected chi connectivity index (χ3v) is 5.25. The van der Waals surface area contributed by atoms with Crippen LogP contribution < -0.4 is 5.14 Å². The summed E-state index contributed by atoms with van der Waals surface area (Å²) in [5, 5.41) is 5.45. The highest BCUT2D eigenvalue weighted by atomic mass is 35.5.